The van der Waals surface area contributed by atoms with E-state index in [1.54, 1.807) is 11.3 Å². The Hall–Kier alpha value is -1.62. The second kappa shape index (κ2) is 9.02. The third-order valence-corrected chi connectivity index (χ3v) is 5.04. The van der Waals surface area contributed by atoms with Crippen molar-refractivity contribution < 1.29 is 4.74 Å². The van der Waals surface area contributed by atoms with Crippen molar-refractivity contribution in [3.8, 4) is 16.3 Å². The molecule has 3 nitrogen and oxygen atoms in total. The number of thiazole rings is 1. The first-order valence-corrected chi connectivity index (χ1v) is 8.93. The fourth-order valence-electron chi connectivity index (χ4n) is 2.58. The third kappa shape index (κ3) is 4.26. The Morgan fingerprint density at radius 3 is 2.46 bits per heavy atom. The summed E-state index contributed by atoms with van der Waals surface area (Å²) in [6.45, 7) is 8.11. The van der Waals surface area contributed by atoms with E-state index < -0.39 is 0 Å². The van der Waals surface area contributed by atoms with Gasteiger partial charge in [-0.1, -0.05) is 38.1 Å². The summed E-state index contributed by atoms with van der Waals surface area (Å²) in [7, 11) is 0. The Morgan fingerprint density at radius 2 is 1.71 bits per heavy atom. The van der Waals surface area contributed by atoms with E-state index in [0.29, 0.717) is 6.61 Å². The van der Waals surface area contributed by atoms with Crippen LogP contribution < -0.4 is 4.74 Å². The van der Waals surface area contributed by atoms with E-state index in [9.17, 15) is 0 Å². The first-order chi connectivity index (χ1) is 11.3. The molecule has 0 aliphatic heterocycles. The molecule has 0 N–H and O–H groups in total. The number of halogens is 1. The predicted molar refractivity (Wildman–Crippen MR) is 106 cm³/mol. The Morgan fingerprint density at radius 1 is 1.00 bits per heavy atom. The molecule has 0 saturated heterocycles. The van der Waals surface area contributed by atoms with E-state index in [1.807, 2.05) is 24.3 Å². The number of aromatic nitrogens is 1. The van der Waals surface area contributed by atoms with Crippen molar-refractivity contribution in [2.24, 2.45) is 0 Å². The van der Waals surface area contributed by atoms with Crippen LogP contribution in [0.1, 0.15) is 13.8 Å². The van der Waals surface area contributed by atoms with Crippen LogP contribution in [0.4, 0.5) is 0 Å². The molecular formula is C19H23ClN2OS. The Labute approximate surface area is 153 Å². The molecule has 3 rings (SSSR count). The maximum Gasteiger partial charge on any atom is 0.129 e. The average molecular weight is 363 g/mol. The van der Waals surface area contributed by atoms with Gasteiger partial charge in [-0.15, -0.1) is 23.7 Å². The van der Waals surface area contributed by atoms with Gasteiger partial charge in [0.15, 0.2) is 0 Å². The van der Waals surface area contributed by atoms with E-state index in [2.05, 4.69) is 43.0 Å². The number of hydrogen-bond acceptors (Lipinski definition) is 4. The topological polar surface area (TPSA) is 25.4 Å². The third-order valence-electron chi connectivity index (χ3n) is 3.97. The summed E-state index contributed by atoms with van der Waals surface area (Å²) in [5, 5.41) is 1.02. The van der Waals surface area contributed by atoms with E-state index in [-0.39, 0.29) is 12.4 Å². The molecule has 0 unspecified atom stereocenters. The van der Waals surface area contributed by atoms with Gasteiger partial charge in [0, 0.05) is 6.54 Å². The highest BCUT2D eigenvalue weighted by molar-refractivity contribution is 7.21. The van der Waals surface area contributed by atoms with Crippen LogP contribution in [0.3, 0.4) is 0 Å². The molecule has 0 spiro atoms. The number of fused-ring (bicyclic) bond motifs is 1. The fourth-order valence-corrected chi connectivity index (χ4v) is 3.58. The molecule has 0 aliphatic rings. The van der Waals surface area contributed by atoms with Crippen molar-refractivity contribution in [3.05, 3.63) is 48.5 Å². The molecule has 0 amide bonds. The maximum absolute atomic E-state index is 6.05. The lowest BCUT2D eigenvalue weighted by atomic mass is 10.2. The van der Waals surface area contributed by atoms with Gasteiger partial charge in [-0.05, 0) is 37.4 Å². The summed E-state index contributed by atoms with van der Waals surface area (Å²) < 4.78 is 7.26. The van der Waals surface area contributed by atoms with Crippen LogP contribution in [-0.2, 0) is 0 Å². The van der Waals surface area contributed by atoms with Gasteiger partial charge in [-0.3, -0.25) is 0 Å². The highest BCUT2D eigenvalue weighted by Crippen LogP contribution is 2.35. The van der Waals surface area contributed by atoms with Gasteiger partial charge in [-0.2, -0.15) is 0 Å². The normalized spacial score (nSPS) is 10.8. The molecule has 1 aromatic heterocycles. The maximum atomic E-state index is 6.05. The van der Waals surface area contributed by atoms with Gasteiger partial charge in [0.05, 0.1) is 15.8 Å². The molecule has 0 fully saturated rings. The van der Waals surface area contributed by atoms with Crippen molar-refractivity contribution in [1.29, 1.82) is 0 Å². The molecule has 128 valence electrons. The average Bonchev–Trinajstić information content (AvgIpc) is 3.03. The van der Waals surface area contributed by atoms with Crippen LogP contribution in [0.25, 0.3) is 20.8 Å². The standard InChI is InChI=1S/C19H22N2OS.ClH/c1-3-21(4-2)13-14-22-17-11-7-5-9-15(17)19-20-16-10-6-8-12-18(16)23-19;/h5-12H,3-4,13-14H2,1-2H3;1H. The molecule has 5 heteroatoms. The molecule has 24 heavy (non-hydrogen) atoms. The summed E-state index contributed by atoms with van der Waals surface area (Å²) in [6, 6.07) is 16.4. The van der Waals surface area contributed by atoms with Crippen LogP contribution in [0, 0.1) is 0 Å². The van der Waals surface area contributed by atoms with Gasteiger partial charge in [0.25, 0.3) is 0 Å². The van der Waals surface area contributed by atoms with Gasteiger partial charge in [0.1, 0.15) is 17.4 Å². The molecule has 1 heterocycles. The van der Waals surface area contributed by atoms with E-state index >= 15 is 0 Å². The molecular weight excluding hydrogens is 340 g/mol. The van der Waals surface area contributed by atoms with Crippen molar-refractivity contribution in [1.82, 2.24) is 9.88 Å². The van der Waals surface area contributed by atoms with Crippen molar-refractivity contribution in [2.75, 3.05) is 26.2 Å². The van der Waals surface area contributed by atoms with Crippen LogP contribution >= 0.6 is 23.7 Å². The van der Waals surface area contributed by atoms with Crippen LogP contribution in [0.5, 0.6) is 5.75 Å². The van der Waals surface area contributed by atoms with Crippen molar-refractivity contribution in [2.45, 2.75) is 13.8 Å². The molecule has 0 saturated carbocycles. The van der Waals surface area contributed by atoms with Crippen LogP contribution in [-0.4, -0.2) is 36.1 Å². The van der Waals surface area contributed by atoms with Gasteiger partial charge >= 0.3 is 0 Å². The largest absolute Gasteiger partial charge is 0.492 e. The fraction of sp³-hybridized carbons (Fsp3) is 0.316. The van der Waals surface area contributed by atoms with Crippen LogP contribution in [0.15, 0.2) is 48.5 Å². The number of rotatable bonds is 7. The zero-order valence-corrected chi connectivity index (χ0v) is 15.7. The number of ether oxygens (including phenoxy) is 1. The smallest absolute Gasteiger partial charge is 0.129 e. The Balaban J connectivity index is 0.00000208. The highest BCUT2D eigenvalue weighted by Gasteiger charge is 2.11. The summed E-state index contributed by atoms with van der Waals surface area (Å²) in [5.74, 6) is 0.915. The second-order valence-electron chi connectivity index (χ2n) is 5.36. The summed E-state index contributed by atoms with van der Waals surface area (Å²) >= 11 is 1.71. The highest BCUT2D eigenvalue weighted by atomic mass is 35.5. The van der Waals surface area contributed by atoms with E-state index in [0.717, 1.165) is 41.5 Å². The number of nitrogens with zero attached hydrogens (tertiary/aromatic N) is 2. The van der Waals surface area contributed by atoms with Crippen molar-refractivity contribution in [3.63, 3.8) is 0 Å². The number of likely N-dealkylation sites (N-methyl/N-ethyl adjacent to an activating group) is 1. The number of benzene rings is 2. The first-order valence-electron chi connectivity index (χ1n) is 8.12. The lowest BCUT2D eigenvalue weighted by molar-refractivity contribution is 0.223. The van der Waals surface area contributed by atoms with E-state index in [1.165, 1.54) is 4.70 Å². The number of para-hydroxylation sites is 2. The van der Waals surface area contributed by atoms with Gasteiger partial charge in [0.2, 0.25) is 0 Å². The minimum absolute atomic E-state index is 0. The predicted octanol–water partition coefficient (Wildman–Crippen LogP) is 5.11. The van der Waals surface area contributed by atoms with Crippen molar-refractivity contribution >= 4 is 34.0 Å². The Bertz CT molecular complexity index is 738. The second-order valence-corrected chi connectivity index (χ2v) is 6.39. The van der Waals surface area contributed by atoms with Crippen LogP contribution in [0.2, 0.25) is 0 Å². The lowest BCUT2D eigenvalue weighted by Gasteiger charge is -2.18. The Kier molecular flexibility index (Phi) is 7.03. The number of hydrogen-bond donors (Lipinski definition) is 0. The SMILES string of the molecule is CCN(CC)CCOc1ccccc1-c1nc2ccccc2s1.Cl. The molecule has 0 aliphatic carbocycles. The first kappa shape index (κ1) is 18.7. The van der Waals surface area contributed by atoms with Gasteiger partial charge < -0.3 is 9.64 Å². The zero-order valence-electron chi connectivity index (χ0n) is 14.1. The molecule has 0 atom stereocenters. The quantitative estimate of drug-likeness (QED) is 0.584. The summed E-state index contributed by atoms with van der Waals surface area (Å²) in [5.41, 5.74) is 2.12. The lowest BCUT2D eigenvalue weighted by Crippen LogP contribution is -2.27. The van der Waals surface area contributed by atoms with E-state index in [4.69, 9.17) is 9.72 Å². The monoisotopic (exact) mass is 362 g/mol. The molecule has 0 bridgehead atoms. The zero-order chi connectivity index (χ0) is 16.1. The molecule has 3 aromatic rings. The minimum Gasteiger partial charge on any atom is -0.492 e. The summed E-state index contributed by atoms with van der Waals surface area (Å²) in [4.78, 5) is 7.11. The molecule has 2 aromatic carbocycles. The van der Waals surface area contributed by atoms with Gasteiger partial charge in [-0.25, -0.2) is 4.98 Å². The molecule has 0 radical (unpaired) electrons. The summed E-state index contributed by atoms with van der Waals surface area (Å²) in [6.07, 6.45) is 0. The minimum atomic E-state index is 0.